The van der Waals surface area contributed by atoms with E-state index in [0.29, 0.717) is 0 Å². The summed E-state index contributed by atoms with van der Waals surface area (Å²) in [5, 5.41) is 9.92. The topological polar surface area (TPSA) is 79.7 Å². The third kappa shape index (κ3) is 2.88. The molecule has 6 aromatic rings. The van der Waals surface area contributed by atoms with Crippen molar-refractivity contribution in [1.82, 2.24) is 20.2 Å². The summed E-state index contributed by atoms with van der Waals surface area (Å²) in [6.07, 6.45) is 6.99. The number of pyridine rings is 1. The Labute approximate surface area is 177 Å². The average molecular weight is 406 g/mol. The number of aromatic nitrogens is 4. The Hall–Kier alpha value is -4.32. The molecular weight excluding hydrogens is 388 g/mol. The highest BCUT2D eigenvalue weighted by Crippen LogP contribution is 2.35. The fraction of sp³-hybridized carbons (Fsp3) is 0.0400. The number of nitrogens with one attached hydrogen (secondary N) is 2. The van der Waals surface area contributed by atoms with Crippen LogP contribution < -0.4 is 4.74 Å². The number of benzene rings is 2. The number of nitrogens with zero attached hydrogens (tertiary/aromatic N) is 2. The number of methoxy groups -OCH3 is 1. The normalized spacial score (nSPS) is 11.4. The van der Waals surface area contributed by atoms with E-state index in [1.807, 2.05) is 30.5 Å². The Morgan fingerprint density at radius 1 is 0.871 bits per heavy atom. The molecule has 4 heterocycles. The fourth-order valence-electron chi connectivity index (χ4n) is 4.04. The van der Waals surface area contributed by atoms with Crippen LogP contribution >= 0.6 is 0 Å². The van der Waals surface area contributed by atoms with Gasteiger partial charge in [0.15, 0.2) is 0 Å². The van der Waals surface area contributed by atoms with Gasteiger partial charge in [-0.1, -0.05) is 18.2 Å². The molecule has 0 aliphatic rings. The van der Waals surface area contributed by atoms with E-state index in [2.05, 4.69) is 50.5 Å². The van der Waals surface area contributed by atoms with Gasteiger partial charge in [0.05, 0.1) is 37.0 Å². The minimum Gasteiger partial charge on any atom is -0.495 e. The third-order valence-electron chi connectivity index (χ3n) is 5.60. The molecule has 0 aliphatic heterocycles. The van der Waals surface area contributed by atoms with E-state index < -0.39 is 0 Å². The second-order valence-corrected chi connectivity index (χ2v) is 7.41. The first-order valence-corrected chi connectivity index (χ1v) is 9.92. The summed E-state index contributed by atoms with van der Waals surface area (Å²) in [4.78, 5) is 7.81. The van der Waals surface area contributed by atoms with Gasteiger partial charge in [0.1, 0.15) is 11.4 Å². The minimum absolute atomic E-state index is 0.729. The summed E-state index contributed by atoms with van der Waals surface area (Å²) < 4.78 is 10.6. The highest BCUT2D eigenvalue weighted by Gasteiger charge is 2.14. The van der Waals surface area contributed by atoms with Gasteiger partial charge in [-0.15, -0.1) is 0 Å². The third-order valence-corrected chi connectivity index (χ3v) is 5.60. The molecule has 2 N–H and O–H groups in total. The van der Waals surface area contributed by atoms with Crippen LogP contribution in [0.3, 0.4) is 0 Å². The van der Waals surface area contributed by atoms with Crippen molar-refractivity contribution >= 4 is 21.8 Å². The number of aromatic amines is 2. The van der Waals surface area contributed by atoms with Crippen molar-refractivity contribution in [1.29, 1.82) is 0 Å². The Morgan fingerprint density at radius 2 is 1.84 bits per heavy atom. The fourth-order valence-corrected chi connectivity index (χ4v) is 4.04. The van der Waals surface area contributed by atoms with E-state index in [1.165, 1.54) is 0 Å². The number of rotatable bonds is 4. The lowest BCUT2D eigenvalue weighted by Gasteiger charge is -2.04. The number of H-pyrrole nitrogens is 2. The first-order valence-electron chi connectivity index (χ1n) is 9.92. The number of furan rings is 1. The maximum Gasteiger partial charge on any atom is 0.137 e. The molecule has 2 aromatic carbocycles. The highest BCUT2D eigenvalue weighted by atomic mass is 16.5. The molecule has 4 aromatic heterocycles. The lowest BCUT2D eigenvalue weighted by molar-refractivity contribution is 0.413. The van der Waals surface area contributed by atoms with Crippen LogP contribution in [0.15, 0.2) is 83.9 Å². The van der Waals surface area contributed by atoms with E-state index >= 15 is 0 Å². The molecule has 0 spiro atoms. The molecule has 0 saturated heterocycles. The van der Waals surface area contributed by atoms with Crippen LogP contribution in [0, 0.1) is 0 Å². The second kappa shape index (κ2) is 6.88. The zero-order valence-corrected chi connectivity index (χ0v) is 16.7. The summed E-state index contributed by atoms with van der Waals surface area (Å²) in [5.74, 6) is 0.729. The largest absolute Gasteiger partial charge is 0.495 e. The maximum absolute atomic E-state index is 5.32. The zero-order valence-electron chi connectivity index (χ0n) is 16.7. The van der Waals surface area contributed by atoms with E-state index in [1.54, 1.807) is 25.8 Å². The summed E-state index contributed by atoms with van der Waals surface area (Å²) >= 11 is 0. The van der Waals surface area contributed by atoms with Crippen molar-refractivity contribution in [2.45, 2.75) is 0 Å². The second-order valence-electron chi connectivity index (χ2n) is 7.41. The van der Waals surface area contributed by atoms with Gasteiger partial charge < -0.3 is 14.1 Å². The number of ether oxygens (including phenoxy) is 1. The van der Waals surface area contributed by atoms with E-state index in [0.717, 1.165) is 61.2 Å². The SMILES string of the molecule is COc1cncc(-c2ccc3[nH]nc(-c4cc5c(-c6ccoc6)cccc5[nH]4)c3c2)c1. The number of hydrogen-bond acceptors (Lipinski definition) is 4. The molecule has 0 radical (unpaired) electrons. The number of fused-ring (bicyclic) bond motifs is 2. The molecule has 0 saturated carbocycles. The quantitative estimate of drug-likeness (QED) is 0.374. The van der Waals surface area contributed by atoms with Gasteiger partial charge in [0.25, 0.3) is 0 Å². The average Bonchev–Trinajstić information content (AvgIpc) is 3.57. The predicted molar refractivity (Wildman–Crippen MR) is 121 cm³/mol. The van der Waals surface area contributed by atoms with Crippen molar-refractivity contribution < 1.29 is 9.15 Å². The molecule has 0 unspecified atom stereocenters. The Kier molecular flexibility index (Phi) is 3.89. The molecule has 6 nitrogen and oxygen atoms in total. The predicted octanol–water partition coefficient (Wildman–Crippen LogP) is 6.04. The van der Waals surface area contributed by atoms with Crippen LogP contribution in [0.5, 0.6) is 5.75 Å². The Balaban J connectivity index is 1.50. The first-order chi connectivity index (χ1) is 15.3. The molecule has 0 aliphatic carbocycles. The van der Waals surface area contributed by atoms with Crippen LogP contribution in [-0.4, -0.2) is 27.3 Å². The summed E-state index contributed by atoms with van der Waals surface area (Å²) in [5.41, 5.74) is 8.08. The van der Waals surface area contributed by atoms with Gasteiger partial charge in [-0.05, 0) is 47.5 Å². The van der Waals surface area contributed by atoms with Crippen LogP contribution in [0.25, 0.3) is 55.4 Å². The summed E-state index contributed by atoms with van der Waals surface area (Å²) in [6, 6.07) is 18.5. The smallest absolute Gasteiger partial charge is 0.137 e. The lowest BCUT2D eigenvalue weighted by atomic mass is 10.0. The molecule has 31 heavy (non-hydrogen) atoms. The van der Waals surface area contributed by atoms with Gasteiger partial charge >= 0.3 is 0 Å². The van der Waals surface area contributed by atoms with Crippen LogP contribution in [0.4, 0.5) is 0 Å². The maximum atomic E-state index is 5.32. The summed E-state index contributed by atoms with van der Waals surface area (Å²) in [7, 11) is 1.64. The molecule has 0 bridgehead atoms. The van der Waals surface area contributed by atoms with E-state index in [4.69, 9.17) is 9.15 Å². The van der Waals surface area contributed by atoms with Crippen molar-refractivity contribution in [3.05, 3.63) is 79.5 Å². The molecule has 0 fully saturated rings. The van der Waals surface area contributed by atoms with Gasteiger partial charge in [0, 0.05) is 33.6 Å². The Bertz CT molecular complexity index is 1530. The molecular formula is C25H18N4O2. The molecule has 150 valence electrons. The molecule has 6 rings (SSSR count). The van der Waals surface area contributed by atoms with Crippen LogP contribution in [0.1, 0.15) is 0 Å². The van der Waals surface area contributed by atoms with Crippen molar-refractivity contribution in [2.24, 2.45) is 0 Å². The first kappa shape index (κ1) is 17.5. The zero-order chi connectivity index (χ0) is 20.8. The van der Waals surface area contributed by atoms with Gasteiger partial charge in [0.2, 0.25) is 0 Å². The summed E-state index contributed by atoms with van der Waals surface area (Å²) in [6.45, 7) is 0. The monoisotopic (exact) mass is 406 g/mol. The van der Waals surface area contributed by atoms with Gasteiger partial charge in [-0.2, -0.15) is 5.10 Å². The minimum atomic E-state index is 0.729. The Morgan fingerprint density at radius 3 is 2.71 bits per heavy atom. The molecule has 0 atom stereocenters. The van der Waals surface area contributed by atoms with E-state index in [-0.39, 0.29) is 0 Å². The highest BCUT2D eigenvalue weighted by molar-refractivity contribution is 6.01. The van der Waals surface area contributed by atoms with Crippen molar-refractivity contribution in [3.63, 3.8) is 0 Å². The molecule has 0 amide bonds. The van der Waals surface area contributed by atoms with Gasteiger partial charge in [-0.3, -0.25) is 10.1 Å². The van der Waals surface area contributed by atoms with Crippen molar-refractivity contribution in [2.75, 3.05) is 7.11 Å². The molecule has 6 heteroatoms. The van der Waals surface area contributed by atoms with E-state index in [9.17, 15) is 0 Å². The standard InChI is InChI=1S/C25H18N4O2/c1-30-18-9-17(12-26-13-18)15-5-6-23-21(10-15)25(29-28-23)24-11-20-19(16-7-8-31-14-16)3-2-4-22(20)27-24/h2-14,27H,1H3,(H,28,29). The van der Waals surface area contributed by atoms with Crippen molar-refractivity contribution in [3.8, 4) is 39.4 Å². The number of hydrogen-bond donors (Lipinski definition) is 2. The lowest BCUT2D eigenvalue weighted by Crippen LogP contribution is -1.86. The van der Waals surface area contributed by atoms with Crippen LogP contribution in [0.2, 0.25) is 0 Å². The van der Waals surface area contributed by atoms with Gasteiger partial charge in [-0.25, -0.2) is 0 Å². The van der Waals surface area contributed by atoms with Crippen LogP contribution in [-0.2, 0) is 0 Å².